The number of amides is 2. The molecule has 144 valence electrons. The Labute approximate surface area is 175 Å². The molecule has 1 N–H and O–H groups in total. The number of aromatic nitrogens is 1. The summed E-state index contributed by atoms with van der Waals surface area (Å²) >= 11 is 9.30. The Bertz CT molecular complexity index is 1030. The third kappa shape index (κ3) is 4.05. The van der Waals surface area contributed by atoms with Gasteiger partial charge in [0.1, 0.15) is 11.4 Å². The molecule has 0 spiro atoms. The SMILES string of the molecule is O=C(Nc1ccc(Br)cn1)C1CCN(C(=O)c2cc3cc(Cl)ccc3o2)CC1. The maximum Gasteiger partial charge on any atom is 0.289 e. The van der Waals surface area contributed by atoms with Crippen molar-refractivity contribution in [3.05, 3.63) is 57.9 Å². The lowest BCUT2D eigenvalue weighted by atomic mass is 9.95. The first-order valence-electron chi connectivity index (χ1n) is 8.90. The van der Waals surface area contributed by atoms with Gasteiger partial charge in [-0.25, -0.2) is 4.98 Å². The Morgan fingerprint density at radius 3 is 2.68 bits per heavy atom. The number of hydrogen-bond donors (Lipinski definition) is 1. The number of rotatable bonds is 3. The molecule has 1 saturated heterocycles. The van der Waals surface area contributed by atoms with E-state index < -0.39 is 0 Å². The van der Waals surface area contributed by atoms with Crippen LogP contribution in [-0.4, -0.2) is 34.8 Å². The number of furan rings is 1. The number of benzene rings is 1. The molecule has 6 nitrogen and oxygen atoms in total. The Morgan fingerprint density at radius 1 is 1.18 bits per heavy atom. The van der Waals surface area contributed by atoms with Crippen molar-refractivity contribution in [1.29, 1.82) is 0 Å². The highest BCUT2D eigenvalue weighted by Gasteiger charge is 2.29. The first-order valence-corrected chi connectivity index (χ1v) is 10.1. The van der Waals surface area contributed by atoms with Crippen LogP contribution in [0.3, 0.4) is 0 Å². The molecule has 1 aliphatic heterocycles. The second-order valence-corrected chi connectivity index (χ2v) is 8.06. The highest BCUT2D eigenvalue weighted by molar-refractivity contribution is 9.10. The molecule has 0 atom stereocenters. The molecule has 28 heavy (non-hydrogen) atoms. The molecule has 0 saturated carbocycles. The third-order valence-corrected chi connectivity index (χ3v) is 5.52. The quantitative estimate of drug-likeness (QED) is 0.610. The molecule has 8 heteroatoms. The summed E-state index contributed by atoms with van der Waals surface area (Å²) < 4.78 is 6.51. The predicted octanol–water partition coefficient (Wildman–Crippen LogP) is 4.73. The van der Waals surface area contributed by atoms with E-state index in [-0.39, 0.29) is 17.7 Å². The zero-order chi connectivity index (χ0) is 19.7. The number of nitrogens with one attached hydrogen (secondary N) is 1. The van der Waals surface area contributed by atoms with Gasteiger partial charge in [0.05, 0.1) is 0 Å². The van der Waals surface area contributed by atoms with Gasteiger partial charge < -0.3 is 14.6 Å². The van der Waals surface area contributed by atoms with Gasteiger partial charge in [0.15, 0.2) is 5.76 Å². The second kappa shape index (κ2) is 7.93. The lowest BCUT2D eigenvalue weighted by Gasteiger charge is -2.30. The molecule has 3 heterocycles. The number of likely N-dealkylation sites (tertiary alicyclic amines) is 1. The van der Waals surface area contributed by atoms with Crippen LogP contribution >= 0.6 is 27.5 Å². The summed E-state index contributed by atoms with van der Waals surface area (Å²) in [6.07, 6.45) is 2.83. The number of pyridine rings is 1. The van der Waals surface area contributed by atoms with Gasteiger partial charge >= 0.3 is 0 Å². The van der Waals surface area contributed by atoms with E-state index in [0.29, 0.717) is 48.1 Å². The van der Waals surface area contributed by atoms with Crippen LogP contribution in [0.5, 0.6) is 0 Å². The summed E-state index contributed by atoms with van der Waals surface area (Å²) in [6.45, 7) is 1.00. The summed E-state index contributed by atoms with van der Waals surface area (Å²) in [5, 5.41) is 4.23. The van der Waals surface area contributed by atoms with Crippen LogP contribution in [0.15, 0.2) is 51.5 Å². The lowest BCUT2D eigenvalue weighted by molar-refractivity contribution is -0.121. The second-order valence-electron chi connectivity index (χ2n) is 6.71. The van der Waals surface area contributed by atoms with E-state index in [1.54, 1.807) is 41.4 Å². The van der Waals surface area contributed by atoms with Crippen LogP contribution in [0.25, 0.3) is 11.0 Å². The third-order valence-electron chi connectivity index (χ3n) is 4.82. The fourth-order valence-corrected chi connectivity index (χ4v) is 3.71. The molecule has 1 aliphatic rings. The van der Waals surface area contributed by atoms with E-state index in [2.05, 4.69) is 26.2 Å². The zero-order valence-electron chi connectivity index (χ0n) is 14.8. The van der Waals surface area contributed by atoms with Gasteiger partial charge in [0, 0.05) is 40.1 Å². The maximum atomic E-state index is 12.7. The lowest BCUT2D eigenvalue weighted by Crippen LogP contribution is -2.41. The summed E-state index contributed by atoms with van der Waals surface area (Å²) in [5.41, 5.74) is 0.629. The van der Waals surface area contributed by atoms with Crippen molar-refractivity contribution in [2.24, 2.45) is 5.92 Å². The summed E-state index contributed by atoms with van der Waals surface area (Å²) in [6, 6.07) is 10.5. The van der Waals surface area contributed by atoms with Crippen molar-refractivity contribution >= 4 is 56.1 Å². The predicted molar refractivity (Wildman–Crippen MR) is 110 cm³/mol. The van der Waals surface area contributed by atoms with Gasteiger partial charge in [-0.2, -0.15) is 0 Å². The van der Waals surface area contributed by atoms with Crippen LogP contribution in [0.1, 0.15) is 23.4 Å². The largest absolute Gasteiger partial charge is 0.451 e. The summed E-state index contributed by atoms with van der Waals surface area (Å²) in [7, 11) is 0. The van der Waals surface area contributed by atoms with Gasteiger partial charge in [-0.1, -0.05) is 11.6 Å². The first-order chi connectivity index (χ1) is 13.5. The molecule has 0 radical (unpaired) electrons. The van der Waals surface area contributed by atoms with Gasteiger partial charge in [-0.3, -0.25) is 9.59 Å². The average Bonchev–Trinajstić information content (AvgIpc) is 3.12. The fourth-order valence-electron chi connectivity index (χ4n) is 3.30. The van der Waals surface area contributed by atoms with E-state index in [1.807, 2.05) is 6.07 Å². The standard InChI is InChI=1S/C20H17BrClN3O3/c21-14-1-4-18(23-11-14)24-19(26)12-5-7-25(8-6-12)20(27)17-10-13-9-15(22)2-3-16(13)28-17/h1-4,9-12H,5-8H2,(H,23,24,26). The number of carbonyl (C=O) groups excluding carboxylic acids is 2. The fraction of sp³-hybridized carbons (Fsp3) is 0.250. The van der Waals surface area contributed by atoms with Crippen LogP contribution in [0.4, 0.5) is 5.82 Å². The van der Waals surface area contributed by atoms with Gasteiger partial charge in [0.25, 0.3) is 5.91 Å². The summed E-state index contributed by atoms with van der Waals surface area (Å²) in [5.74, 6) is 0.428. The van der Waals surface area contributed by atoms with Crippen LogP contribution in [-0.2, 0) is 4.79 Å². The molecular formula is C20H17BrClN3O3. The molecule has 3 aromatic rings. The van der Waals surface area contributed by atoms with E-state index in [1.165, 1.54) is 0 Å². The molecule has 2 aromatic heterocycles. The zero-order valence-corrected chi connectivity index (χ0v) is 17.2. The minimum absolute atomic E-state index is 0.0692. The Kier molecular flexibility index (Phi) is 5.37. The molecule has 1 fully saturated rings. The van der Waals surface area contributed by atoms with Gasteiger partial charge in [-0.05, 0) is 65.2 Å². The van der Waals surface area contributed by atoms with E-state index >= 15 is 0 Å². The number of nitrogens with zero attached hydrogens (tertiary/aromatic N) is 2. The number of hydrogen-bond acceptors (Lipinski definition) is 4. The average molecular weight is 463 g/mol. The molecule has 4 rings (SSSR count). The number of carbonyl (C=O) groups is 2. The first kappa shape index (κ1) is 19.0. The van der Waals surface area contributed by atoms with E-state index in [4.69, 9.17) is 16.0 Å². The molecular weight excluding hydrogens is 446 g/mol. The normalized spacial score (nSPS) is 15.0. The maximum absolute atomic E-state index is 12.7. The highest BCUT2D eigenvalue weighted by atomic mass is 79.9. The number of halogens is 2. The minimum atomic E-state index is -0.166. The highest BCUT2D eigenvalue weighted by Crippen LogP contribution is 2.26. The molecule has 2 amide bonds. The van der Waals surface area contributed by atoms with Gasteiger partial charge in [-0.15, -0.1) is 0 Å². The van der Waals surface area contributed by atoms with Crippen molar-refractivity contribution in [3.8, 4) is 0 Å². The van der Waals surface area contributed by atoms with Crippen LogP contribution in [0, 0.1) is 5.92 Å². The van der Waals surface area contributed by atoms with Crippen molar-refractivity contribution in [1.82, 2.24) is 9.88 Å². The van der Waals surface area contributed by atoms with Crippen molar-refractivity contribution in [3.63, 3.8) is 0 Å². The topological polar surface area (TPSA) is 75.4 Å². The Hall–Kier alpha value is -2.38. The number of anilines is 1. The van der Waals surface area contributed by atoms with Crippen molar-refractivity contribution in [2.75, 3.05) is 18.4 Å². The Balaban J connectivity index is 1.36. The van der Waals surface area contributed by atoms with Crippen molar-refractivity contribution in [2.45, 2.75) is 12.8 Å². The van der Waals surface area contributed by atoms with Crippen LogP contribution < -0.4 is 5.32 Å². The van der Waals surface area contributed by atoms with Crippen LogP contribution in [0.2, 0.25) is 5.02 Å². The number of fused-ring (bicyclic) bond motifs is 1. The molecule has 1 aromatic carbocycles. The Morgan fingerprint density at radius 2 is 1.96 bits per heavy atom. The molecule has 0 bridgehead atoms. The monoisotopic (exact) mass is 461 g/mol. The molecule has 0 aliphatic carbocycles. The van der Waals surface area contributed by atoms with Crippen molar-refractivity contribution < 1.29 is 14.0 Å². The minimum Gasteiger partial charge on any atom is -0.451 e. The van der Waals surface area contributed by atoms with Gasteiger partial charge in [0.2, 0.25) is 5.91 Å². The molecule has 0 unspecified atom stereocenters. The van der Waals surface area contributed by atoms with E-state index in [9.17, 15) is 9.59 Å². The van der Waals surface area contributed by atoms with E-state index in [0.717, 1.165) is 9.86 Å². The summed E-state index contributed by atoms with van der Waals surface area (Å²) in [4.78, 5) is 31.1. The smallest absolute Gasteiger partial charge is 0.289 e. The number of piperidine rings is 1.